The first kappa shape index (κ1) is 13.2. The first-order chi connectivity index (χ1) is 10.1. The van der Waals surface area contributed by atoms with E-state index in [1.165, 1.54) is 4.90 Å². The number of hydrogen-bond acceptors (Lipinski definition) is 3. The van der Waals surface area contributed by atoms with Crippen LogP contribution in [0.3, 0.4) is 0 Å². The molecule has 1 heterocycles. The minimum atomic E-state index is -0.776. The van der Waals surface area contributed by atoms with Crippen molar-refractivity contribution in [1.29, 1.82) is 0 Å². The van der Waals surface area contributed by atoms with Crippen LogP contribution in [0.5, 0.6) is 5.75 Å². The lowest BCUT2D eigenvalue weighted by molar-refractivity contribution is -0.119. The second-order valence-electron chi connectivity index (χ2n) is 4.77. The summed E-state index contributed by atoms with van der Waals surface area (Å²) in [6.45, 7) is 0. The number of methoxy groups -OCH3 is 1. The molecule has 0 aromatic heterocycles. The van der Waals surface area contributed by atoms with Gasteiger partial charge in [-0.25, -0.2) is 0 Å². The van der Waals surface area contributed by atoms with Crippen LogP contribution in [0.4, 0.5) is 5.69 Å². The van der Waals surface area contributed by atoms with Crippen molar-refractivity contribution >= 4 is 17.5 Å². The van der Waals surface area contributed by atoms with Crippen molar-refractivity contribution in [2.45, 2.75) is 6.04 Å². The summed E-state index contributed by atoms with van der Waals surface area (Å²) in [5.74, 6) is -0.0952. The Hall–Kier alpha value is -2.82. The lowest BCUT2D eigenvalue weighted by atomic mass is 10.0. The van der Waals surface area contributed by atoms with Gasteiger partial charge < -0.3 is 10.5 Å². The molecule has 0 saturated heterocycles. The molecule has 21 heavy (non-hydrogen) atoms. The van der Waals surface area contributed by atoms with E-state index in [4.69, 9.17) is 10.5 Å². The number of carbonyl (C=O) groups is 2. The van der Waals surface area contributed by atoms with E-state index in [-0.39, 0.29) is 5.91 Å². The zero-order valence-corrected chi connectivity index (χ0v) is 11.4. The Balaban J connectivity index is 2.09. The number of hydrogen-bond donors (Lipinski definition) is 1. The molecule has 5 nitrogen and oxygen atoms in total. The highest BCUT2D eigenvalue weighted by Crippen LogP contribution is 2.37. The molecule has 0 aliphatic carbocycles. The standard InChI is InChI=1S/C16H14N2O3/c1-21-11-8-6-10(7-9-11)18-14(15(17)19)12-4-2-3-5-13(12)16(18)20/h2-9,14H,1H3,(H2,17,19). The first-order valence-corrected chi connectivity index (χ1v) is 6.49. The molecule has 0 bridgehead atoms. The van der Waals surface area contributed by atoms with E-state index in [0.717, 1.165) is 0 Å². The fourth-order valence-electron chi connectivity index (χ4n) is 2.61. The topological polar surface area (TPSA) is 72.6 Å². The van der Waals surface area contributed by atoms with Crippen molar-refractivity contribution in [2.24, 2.45) is 5.73 Å². The number of anilines is 1. The Bertz CT molecular complexity index is 710. The van der Waals surface area contributed by atoms with E-state index in [2.05, 4.69) is 0 Å². The summed E-state index contributed by atoms with van der Waals surface area (Å²) >= 11 is 0. The number of nitrogens with two attached hydrogens (primary N) is 1. The van der Waals surface area contributed by atoms with Crippen molar-refractivity contribution in [2.75, 3.05) is 12.0 Å². The average Bonchev–Trinajstić information content (AvgIpc) is 2.81. The molecule has 1 atom stereocenters. The van der Waals surface area contributed by atoms with Gasteiger partial charge >= 0.3 is 0 Å². The molecule has 2 amide bonds. The van der Waals surface area contributed by atoms with E-state index >= 15 is 0 Å². The molecule has 0 radical (unpaired) electrons. The minimum Gasteiger partial charge on any atom is -0.497 e. The largest absolute Gasteiger partial charge is 0.497 e. The van der Waals surface area contributed by atoms with Gasteiger partial charge in [0.25, 0.3) is 5.91 Å². The number of amides is 2. The first-order valence-electron chi connectivity index (χ1n) is 6.49. The van der Waals surface area contributed by atoms with Crippen molar-refractivity contribution in [3.63, 3.8) is 0 Å². The van der Waals surface area contributed by atoms with Gasteiger partial charge in [-0.05, 0) is 35.9 Å². The molecule has 0 saturated carbocycles. The van der Waals surface area contributed by atoms with Crippen LogP contribution in [0.25, 0.3) is 0 Å². The Morgan fingerprint density at radius 3 is 2.43 bits per heavy atom. The van der Waals surface area contributed by atoms with Gasteiger partial charge in [-0.15, -0.1) is 0 Å². The molecule has 0 fully saturated rings. The summed E-state index contributed by atoms with van der Waals surface area (Å²) in [4.78, 5) is 25.8. The van der Waals surface area contributed by atoms with Crippen LogP contribution < -0.4 is 15.4 Å². The molecule has 1 unspecified atom stereocenters. The molecule has 0 spiro atoms. The SMILES string of the molecule is COc1ccc(N2C(=O)c3ccccc3C2C(N)=O)cc1. The van der Waals surface area contributed by atoms with E-state index < -0.39 is 11.9 Å². The predicted octanol–water partition coefficient (Wildman–Crippen LogP) is 1.88. The van der Waals surface area contributed by atoms with E-state index in [1.807, 2.05) is 0 Å². The van der Waals surface area contributed by atoms with Gasteiger partial charge in [-0.3, -0.25) is 14.5 Å². The van der Waals surface area contributed by atoms with Gasteiger partial charge in [-0.2, -0.15) is 0 Å². The van der Waals surface area contributed by atoms with Crippen LogP contribution in [0.2, 0.25) is 0 Å². The normalized spacial score (nSPS) is 16.7. The lowest BCUT2D eigenvalue weighted by Gasteiger charge is -2.23. The van der Waals surface area contributed by atoms with Crippen LogP contribution in [-0.2, 0) is 4.79 Å². The highest BCUT2D eigenvalue weighted by atomic mass is 16.5. The van der Waals surface area contributed by atoms with Crippen molar-refractivity contribution in [3.05, 3.63) is 59.7 Å². The monoisotopic (exact) mass is 282 g/mol. The van der Waals surface area contributed by atoms with Crippen molar-refractivity contribution < 1.29 is 14.3 Å². The molecule has 2 aromatic carbocycles. The predicted molar refractivity (Wildman–Crippen MR) is 78.2 cm³/mol. The molecule has 1 aliphatic heterocycles. The summed E-state index contributed by atoms with van der Waals surface area (Å²) in [6, 6.07) is 13.2. The quantitative estimate of drug-likeness (QED) is 0.934. The minimum absolute atomic E-state index is 0.223. The van der Waals surface area contributed by atoms with E-state index in [9.17, 15) is 9.59 Å². The number of primary amides is 1. The number of ether oxygens (including phenoxy) is 1. The molecular weight excluding hydrogens is 268 g/mol. The fraction of sp³-hybridized carbons (Fsp3) is 0.125. The summed E-state index contributed by atoms with van der Waals surface area (Å²) in [5.41, 5.74) is 7.27. The number of nitrogens with zero attached hydrogens (tertiary/aromatic N) is 1. The van der Waals surface area contributed by atoms with E-state index in [0.29, 0.717) is 22.6 Å². The Morgan fingerprint density at radius 2 is 1.81 bits per heavy atom. The molecule has 2 aromatic rings. The van der Waals surface area contributed by atoms with Crippen LogP contribution in [0, 0.1) is 0 Å². The third-order valence-electron chi connectivity index (χ3n) is 3.58. The maximum Gasteiger partial charge on any atom is 0.259 e. The number of carbonyl (C=O) groups excluding carboxylic acids is 2. The van der Waals surface area contributed by atoms with Gasteiger partial charge in [0.05, 0.1) is 7.11 Å². The van der Waals surface area contributed by atoms with Crippen LogP contribution >= 0.6 is 0 Å². The highest BCUT2D eigenvalue weighted by molar-refractivity contribution is 6.15. The van der Waals surface area contributed by atoms with Crippen molar-refractivity contribution in [3.8, 4) is 5.75 Å². The highest BCUT2D eigenvalue weighted by Gasteiger charge is 2.40. The number of benzene rings is 2. The van der Waals surface area contributed by atoms with Gasteiger partial charge in [0.15, 0.2) is 0 Å². The summed E-state index contributed by atoms with van der Waals surface area (Å²) in [7, 11) is 1.57. The Morgan fingerprint density at radius 1 is 1.14 bits per heavy atom. The average molecular weight is 282 g/mol. The maximum atomic E-state index is 12.6. The smallest absolute Gasteiger partial charge is 0.259 e. The molecular formula is C16H14N2O3. The molecule has 3 rings (SSSR count). The maximum absolute atomic E-state index is 12.6. The zero-order valence-electron chi connectivity index (χ0n) is 11.4. The van der Waals surface area contributed by atoms with Gasteiger partial charge in [0.2, 0.25) is 5.91 Å². The lowest BCUT2D eigenvalue weighted by Crippen LogP contribution is -2.36. The van der Waals surface area contributed by atoms with E-state index in [1.54, 1.807) is 55.6 Å². The number of rotatable bonds is 3. The summed E-state index contributed by atoms with van der Waals surface area (Å²) < 4.78 is 5.10. The van der Waals surface area contributed by atoms with Gasteiger partial charge in [0.1, 0.15) is 11.8 Å². The van der Waals surface area contributed by atoms with Crippen LogP contribution in [0.1, 0.15) is 22.0 Å². The third kappa shape index (κ3) is 2.03. The van der Waals surface area contributed by atoms with Gasteiger partial charge in [0, 0.05) is 11.3 Å². The zero-order chi connectivity index (χ0) is 15.0. The summed E-state index contributed by atoms with van der Waals surface area (Å²) in [6.07, 6.45) is 0. The second-order valence-corrected chi connectivity index (χ2v) is 4.77. The fourth-order valence-corrected chi connectivity index (χ4v) is 2.61. The molecule has 106 valence electrons. The number of fused-ring (bicyclic) bond motifs is 1. The third-order valence-corrected chi connectivity index (χ3v) is 3.58. The van der Waals surface area contributed by atoms with Gasteiger partial charge in [-0.1, -0.05) is 18.2 Å². The second kappa shape index (κ2) is 4.94. The van der Waals surface area contributed by atoms with Crippen LogP contribution in [0.15, 0.2) is 48.5 Å². The van der Waals surface area contributed by atoms with Crippen molar-refractivity contribution in [1.82, 2.24) is 0 Å². The van der Waals surface area contributed by atoms with Crippen LogP contribution in [-0.4, -0.2) is 18.9 Å². The molecule has 1 aliphatic rings. The Labute approximate surface area is 121 Å². The molecule has 5 heteroatoms. The molecule has 2 N–H and O–H groups in total. The Kier molecular flexibility index (Phi) is 3.10. The summed E-state index contributed by atoms with van der Waals surface area (Å²) in [5, 5.41) is 0.